The Morgan fingerprint density at radius 3 is 2.57 bits per heavy atom. The third-order valence-electron chi connectivity index (χ3n) is 1.32. The summed E-state index contributed by atoms with van der Waals surface area (Å²) in [5.74, 6) is -0.655. The summed E-state index contributed by atoms with van der Waals surface area (Å²) >= 11 is 0. The standard InChI is InChI=1S/C7H13O6P/c1-3-6(13-14(9,10)11)5-12-7(8)4-2/h4,6H,2-3,5H2,1H3,(H2,9,10,11). The van der Waals surface area contributed by atoms with Gasteiger partial charge in [-0.3, -0.25) is 4.52 Å². The van der Waals surface area contributed by atoms with Gasteiger partial charge in [0.05, 0.1) is 0 Å². The Hall–Kier alpha value is -0.680. The van der Waals surface area contributed by atoms with Gasteiger partial charge in [0.2, 0.25) is 0 Å². The smallest absolute Gasteiger partial charge is 0.460 e. The zero-order chi connectivity index (χ0) is 11.2. The van der Waals surface area contributed by atoms with Crippen molar-refractivity contribution in [3.8, 4) is 0 Å². The third-order valence-corrected chi connectivity index (χ3v) is 1.89. The minimum atomic E-state index is -4.52. The molecule has 0 aliphatic heterocycles. The molecule has 0 aliphatic carbocycles. The zero-order valence-corrected chi connectivity index (χ0v) is 8.65. The Morgan fingerprint density at radius 1 is 1.64 bits per heavy atom. The molecule has 0 radical (unpaired) electrons. The van der Waals surface area contributed by atoms with Crippen LogP contribution in [0.1, 0.15) is 13.3 Å². The summed E-state index contributed by atoms with van der Waals surface area (Å²) < 4.78 is 19.3. The Bertz CT molecular complexity index is 245. The number of carbonyl (C=O) groups is 1. The second-order valence-corrected chi connectivity index (χ2v) is 3.65. The van der Waals surface area contributed by atoms with E-state index in [9.17, 15) is 9.36 Å². The fourth-order valence-electron chi connectivity index (χ4n) is 0.651. The lowest BCUT2D eigenvalue weighted by atomic mass is 10.3. The maximum atomic E-state index is 10.6. The van der Waals surface area contributed by atoms with Crippen LogP contribution in [-0.4, -0.2) is 28.5 Å². The van der Waals surface area contributed by atoms with E-state index in [1.807, 2.05) is 0 Å². The second kappa shape index (κ2) is 5.93. The largest absolute Gasteiger partial charge is 0.469 e. The summed E-state index contributed by atoms with van der Waals surface area (Å²) in [4.78, 5) is 27.5. The lowest BCUT2D eigenvalue weighted by Gasteiger charge is -2.15. The van der Waals surface area contributed by atoms with Gasteiger partial charge in [0.25, 0.3) is 0 Å². The topological polar surface area (TPSA) is 93.1 Å². The maximum Gasteiger partial charge on any atom is 0.469 e. The molecule has 0 aromatic rings. The van der Waals surface area contributed by atoms with Crippen molar-refractivity contribution in [3.63, 3.8) is 0 Å². The van der Waals surface area contributed by atoms with E-state index in [1.165, 1.54) is 0 Å². The van der Waals surface area contributed by atoms with E-state index in [4.69, 9.17) is 9.79 Å². The minimum Gasteiger partial charge on any atom is -0.460 e. The third kappa shape index (κ3) is 6.80. The van der Waals surface area contributed by atoms with E-state index < -0.39 is 19.9 Å². The molecule has 0 saturated carbocycles. The number of hydrogen-bond donors (Lipinski definition) is 2. The van der Waals surface area contributed by atoms with E-state index in [2.05, 4.69) is 15.8 Å². The Labute approximate surface area is 81.8 Å². The summed E-state index contributed by atoms with van der Waals surface area (Å²) in [5, 5.41) is 0. The zero-order valence-electron chi connectivity index (χ0n) is 7.75. The van der Waals surface area contributed by atoms with E-state index >= 15 is 0 Å². The highest BCUT2D eigenvalue weighted by atomic mass is 31.2. The molecule has 7 heteroatoms. The van der Waals surface area contributed by atoms with Crippen LogP contribution in [-0.2, 0) is 18.6 Å². The van der Waals surface area contributed by atoms with Crippen LogP contribution in [0.2, 0.25) is 0 Å². The molecule has 82 valence electrons. The molecule has 14 heavy (non-hydrogen) atoms. The molecule has 0 aromatic heterocycles. The Balaban J connectivity index is 3.98. The highest BCUT2D eigenvalue weighted by Crippen LogP contribution is 2.38. The van der Waals surface area contributed by atoms with E-state index in [1.54, 1.807) is 6.92 Å². The molecular formula is C7H13O6P. The number of carbonyl (C=O) groups excluding carboxylic acids is 1. The number of rotatable bonds is 6. The highest BCUT2D eigenvalue weighted by molar-refractivity contribution is 7.46. The van der Waals surface area contributed by atoms with Crippen LogP contribution < -0.4 is 0 Å². The number of phosphoric ester groups is 1. The van der Waals surface area contributed by atoms with Crippen LogP contribution in [0.3, 0.4) is 0 Å². The molecule has 0 fully saturated rings. The number of ether oxygens (including phenoxy) is 1. The number of hydrogen-bond acceptors (Lipinski definition) is 4. The van der Waals surface area contributed by atoms with Gasteiger partial charge >= 0.3 is 13.8 Å². The molecule has 0 bridgehead atoms. The first-order valence-electron chi connectivity index (χ1n) is 3.92. The number of phosphoric acid groups is 1. The predicted molar refractivity (Wildman–Crippen MR) is 48.4 cm³/mol. The first-order chi connectivity index (χ1) is 6.39. The fourth-order valence-corrected chi connectivity index (χ4v) is 1.25. The van der Waals surface area contributed by atoms with E-state index in [-0.39, 0.29) is 6.61 Å². The average molecular weight is 224 g/mol. The molecule has 0 saturated heterocycles. The predicted octanol–water partition coefficient (Wildman–Crippen LogP) is 0.603. The normalized spacial score (nSPS) is 13.4. The summed E-state index contributed by atoms with van der Waals surface area (Å²) in [6, 6.07) is 0. The molecule has 2 N–H and O–H groups in total. The summed E-state index contributed by atoms with van der Waals surface area (Å²) in [5.41, 5.74) is 0. The lowest BCUT2D eigenvalue weighted by molar-refractivity contribution is -0.140. The molecule has 1 unspecified atom stereocenters. The van der Waals surface area contributed by atoms with Crippen molar-refractivity contribution in [1.29, 1.82) is 0 Å². The highest BCUT2D eigenvalue weighted by Gasteiger charge is 2.21. The Kier molecular flexibility index (Phi) is 5.64. The summed E-state index contributed by atoms with van der Waals surface area (Å²) in [7, 11) is -4.52. The molecule has 0 rings (SSSR count). The molecule has 0 aliphatic rings. The van der Waals surface area contributed by atoms with Crippen LogP contribution in [0.4, 0.5) is 0 Å². The van der Waals surface area contributed by atoms with Crippen molar-refractivity contribution in [2.45, 2.75) is 19.4 Å². The minimum absolute atomic E-state index is 0.202. The van der Waals surface area contributed by atoms with Crippen molar-refractivity contribution in [1.82, 2.24) is 0 Å². The van der Waals surface area contributed by atoms with Gasteiger partial charge in [-0.1, -0.05) is 13.5 Å². The van der Waals surface area contributed by atoms with Crippen LogP contribution in [0, 0.1) is 0 Å². The van der Waals surface area contributed by atoms with Crippen LogP contribution >= 0.6 is 7.82 Å². The monoisotopic (exact) mass is 224 g/mol. The molecule has 0 amide bonds. The molecule has 6 nitrogen and oxygen atoms in total. The lowest BCUT2D eigenvalue weighted by Crippen LogP contribution is -2.19. The van der Waals surface area contributed by atoms with Gasteiger partial charge in [0.15, 0.2) is 0 Å². The maximum absolute atomic E-state index is 10.6. The van der Waals surface area contributed by atoms with Crippen LogP contribution in [0.5, 0.6) is 0 Å². The first kappa shape index (κ1) is 13.3. The molecule has 0 heterocycles. The van der Waals surface area contributed by atoms with Gasteiger partial charge in [-0.25, -0.2) is 9.36 Å². The quantitative estimate of drug-likeness (QED) is 0.390. The van der Waals surface area contributed by atoms with Crippen molar-refractivity contribution in [2.75, 3.05) is 6.61 Å². The van der Waals surface area contributed by atoms with E-state index in [0.717, 1.165) is 6.08 Å². The van der Waals surface area contributed by atoms with Crippen molar-refractivity contribution in [3.05, 3.63) is 12.7 Å². The molecular weight excluding hydrogens is 211 g/mol. The fraction of sp³-hybridized carbons (Fsp3) is 0.571. The first-order valence-corrected chi connectivity index (χ1v) is 5.45. The van der Waals surface area contributed by atoms with Crippen molar-refractivity contribution >= 4 is 13.8 Å². The van der Waals surface area contributed by atoms with Crippen LogP contribution in [0.25, 0.3) is 0 Å². The summed E-state index contributed by atoms with van der Waals surface area (Å²) in [6.07, 6.45) is 0.486. The van der Waals surface area contributed by atoms with Gasteiger partial charge in [-0.05, 0) is 6.42 Å². The summed E-state index contributed by atoms with van der Waals surface area (Å²) in [6.45, 7) is 4.62. The van der Waals surface area contributed by atoms with Crippen LogP contribution in [0.15, 0.2) is 12.7 Å². The molecule has 0 spiro atoms. The molecule has 1 atom stereocenters. The van der Waals surface area contributed by atoms with Gasteiger partial charge < -0.3 is 14.5 Å². The van der Waals surface area contributed by atoms with Gasteiger partial charge in [0, 0.05) is 6.08 Å². The van der Waals surface area contributed by atoms with Crippen molar-refractivity contribution in [2.24, 2.45) is 0 Å². The average Bonchev–Trinajstić information content (AvgIpc) is 2.09. The number of esters is 1. The van der Waals surface area contributed by atoms with Gasteiger partial charge in [0.1, 0.15) is 12.7 Å². The van der Waals surface area contributed by atoms with Gasteiger partial charge in [-0.2, -0.15) is 0 Å². The Morgan fingerprint density at radius 2 is 2.21 bits per heavy atom. The SMILES string of the molecule is C=CC(=O)OCC(CC)OP(=O)(O)O. The van der Waals surface area contributed by atoms with Gasteiger partial charge in [-0.15, -0.1) is 0 Å². The van der Waals surface area contributed by atoms with Crippen molar-refractivity contribution < 1.29 is 28.4 Å². The molecule has 0 aromatic carbocycles. The second-order valence-electron chi connectivity index (χ2n) is 2.46. The van der Waals surface area contributed by atoms with E-state index in [0.29, 0.717) is 6.42 Å².